The van der Waals surface area contributed by atoms with Crippen LogP contribution in [0.25, 0.3) is 0 Å². The Labute approximate surface area is 89.6 Å². The van der Waals surface area contributed by atoms with Crippen molar-refractivity contribution in [2.24, 2.45) is 0 Å². The topological polar surface area (TPSA) is 29.9 Å². The van der Waals surface area contributed by atoms with Gasteiger partial charge < -0.3 is 9.88 Å². The molecule has 1 heterocycles. The second-order valence-electron chi connectivity index (χ2n) is 3.12. The van der Waals surface area contributed by atoms with E-state index < -0.39 is 0 Å². The van der Waals surface area contributed by atoms with Crippen molar-refractivity contribution in [3.63, 3.8) is 0 Å². The number of rotatable bonds is 6. The van der Waals surface area contributed by atoms with Crippen LogP contribution >= 0.6 is 11.8 Å². The van der Waals surface area contributed by atoms with E-state index in [0.29, 0.717) is 5.25 Å². The summed E-state index contributed by atoms with van der Waals surface area (Å²) in [4.78, 5) is 4.24. The van der Waals surface area contributed by atoms with Crippen molar-refractivity contribution >= 4 is 17.7 Å². The fourth-order valence-electron chi connectivity index (χ4n) is 1.08. The van der Waals surface area contributed by atoms with Gasteiger partial charge in [0.25, 0.3) is 0 Å². The maximum atomic E-state index is 4.24. The minimum atomic E-state index is 0.601. The molecule has 1 aromatic rings. The Morgan fingerprint density at radius 3 is 3.21 bits per heavy atom. The van der Waals surface area contributed by atoms with E-state index >= 15 is 0 Å². The summed E-state index contributed by atoms with van der Waals surface area (Å²) in [7, 11) is 0. The summed E-state index contributed by atoms with van der Waals surface area (Å²) in [5.74, 6) is 0.922. The highest BCUT2D eigenvalue weighted by atomic mass is 32.2. The highest BCUT2D eigenvalue weighted by Crippen LogP contribution is 2.08. The lowest BCUT2D eigenvalue weighted by atomic mass is 10.5. The highest BCUT2D eigenvalue weighted by molar-refractivity contribution is 7.99. The molecule has 0 radical (unpaired) electrons. The molecule has 0 aromatic carbocycles. The zero-order valence-corrected chi connectivity index (χ0v) is 9.55. The number of hydrogen-bond donors (Lipinski definition) is 1. The number of aromatic nitrogens is 2. The van der Waals surface area contributed by atoms with Crippen LogP contribution in [0.5, 0.6) is 0 Å². The lowest BCUT2D eigenvalue weighted by molar-refractivity contribution is 0.816. The standard InChI is InChI=1S/C10H17N3S/c1-4-6-13-7-5-11-10(13)12-8-9(2)14-3/h4-5,7,9H,1,6,8H2,2-3H3,(H,11,12). The normalized spacial score (nSPS) is 12.4. The summed E-state index contributed by atoms with van der Waals surface area (Å²) in [6.45, 7) is 7.64. The molecular formula is C10H17N3S. The summed E-state index contributed by atoms with van der Waals surface area (Å²) in [5.41, 5.74) is 0. The monoisotopic (exact) mass is 211 g/mol. The van der Waals surface area contributed by atoms with Gasteiger partial charge in [-0.3, -0.25) is 0 Å². The smallest absolute Gasteiger partial charge is 0.203 e. The van der Waals surface area contributed by atoms with Gasteiger partial charge >= 0.3 is 0 Å². The molecule has 1 aromatic heterocycles. The van der Waals surface area contributed by atoms with Gasteiger partial charge in [0.1, 0.15) is 0 Å². The molecule has 78 valence electrons. The Morgan fingerprint density at radius 2 is 2.57 bits per heavy atom. The lowest BCUT2D eigenvalue weighted by Crippen LogP contribution is -2.15. The van der Waals surface area contributed by atoms with E-state index in [1.807, 2.05) is 28.6 Å². The predicted octanol–water partition coefficient (Wildman–Crippen LogP) is 2.23. The van der Waals surface area contributed by atoms with Crippen molar-refractivity contribution in [3.05, 3.63) is 25.0 Å². The molecule has 1 atom stereocenters. The van der Waals surface area contributed by atoms with Gasteiger partial charge in [-0.25, -0.2) is 4.98 Å². The summed E-state index contributed by atoms with van der Waals surface area (Å²) < 4.78 is 2.04. The molecule has 0 amide bonds. The van der Waals surface area contributed by atoms with E-state index in [9.17, 15) is 0 Å². The van der Waals surface area contributed by atoms with E-state index in [4.69, 9.17) is 0 Å². The van der Waals surface area contributed by atoms with E-state index in [1.165, 1.54) is 0 Å². The SMILES string of the molecule is C=CCn1ccnc1NCC(C)SC. The predicted molar refractivity (Wildman–Crippen MR) is 63.9 cm³/mol. The fraction of sp³-hybridized carbons (Fsp3) is 0.500. The number of thioether (sulfide) groups is 1. The maximum absolute atomic E-state index is 4.24. The minimum Gasteiger partial charge on any atom is -0.355 e. The van der Waals surface area contributed by atoms with Crippen LogP contribution < -0.4 is 5.32 Å². The van der Waals surface area contributed by atoms with E-state index in [1.54, 1.807) is 6.20 Å². The summed E-state index contributed by atoms with van der Waals surface area (Å²) in [6, 6.07) is 0. The molecule has 0 fully saturated rings. The van der Waals surface area contributed by atoms with Crippen LogP contribution in [0.1, 0.15) is 6.92 Å². The molecule has 1 rings (SSSR count). The molecule has 0 aliphatic carbocycles. The quantitative estimate of drug-likeness (QED) is 0.732. The number of allylic oxidation sites excluding steroid dienone is 1. The van der Waals surface area contributed by atoms with Gasteiger partial charge in [-0.05, 0) is 6.26 Å². The van der Waals surface area contributed by atoms with Crippen molar-refractivity contribution in [1.29, 1.82) is 0 Å². The number of nitrogens with zero attached hydrogens (tertiary/aromatic N) is 2. The van der Waals surface area contributed by atoms with Crippen molar-refractivity contribution in [2.45, 2.75) is 18.7 Å². The molecule has 0 bridgehead atoms. The Kier molecular flexibility index (Phi) is 4.59. The first-order valence-electron chi connectivity index (χ1n) is 4.66. The Hall–Kier alpha value is -0.900. The first-order chi connectivity index (χ1) is 6.77. The van der Waals surface area contributed by atoms with Crippen molar-refractivity contribution in [2.75, 3.05) is 18.1 Å². The molecule has 4 heteroatoms. The zero-order valence-electron chi connectivity index (χ0n) is 8.73. The van der Waals surface area contributed by atoms with Gasteiger partial charge in [0.15, 0.2) is 0 Å². The molecule has 14 heavy (non-hydrogen) atoms. The molecule has 0 saturated carbocycles. The van der Waals surface area contributed by atoms with Crippen LogP contribution in [-0.4, -0.2) is 27.6 Å². The number of nitrogens with one attached hydrogen (secondary N) is 1. The molecule has 1 N–H and O–H groups in total. The Balaban J connectivity index is 2.49. The van der Waals surface area contributed by atoms with Gasteiger partial charge in [0.05, 0.1) is 0 Å². The fourth-order valence-corrected chi connectivity index (χ4v) is 1.33. The number of anilines is 1. The second kappa shape index (κ2) is 5.75. The van der Waals surface area contributed by atoms with Gasteiger partial charge in [-0.2, -0.15) is 11.8 Å². The molecule has 1 unspecified atom stereocenters. The molecule has 0 aliphatic heterocycles. The third kappa shape index (κ3) is 3.10. The first kappa shape index (κ1) is 11.2. The van der Waals surface area contributed by atoms with Crippen LogP contribution in [0, 0.1) is 0 Å². The zero-order chi connectivity index (χ0) is 10.4. The summed E-state index contributed by atoms with van der Waals surface area (Å²) in [5, 5.41) is 3.91. The van der Waals surface area contributed by atoms with E-state index in [0.717, 1.165) is 19.0 Å². The van der Waals surface area contributed by atoms with Crippen molar-refractivity contribution < 1.29 is 0 Å². The second-order valence-corrected chi connectivity index (χ2v) is 4.40. The van der Waals surface area contributed by atoms with E-state index in [-0.39, 0.29) is 0 Å². The number of hydrogen-bond acceptors (Lipinski definition) is 3. The van der Waals surface area contributed by atoms with Gasteiger partial charge in [-0.1, -0.05) is 13.0 Å². The Morgan fingerprint density at radius 1 is 1.79 bits per heavy atom. The maximum Gasteiger partial charge on any atom is 0.203 e. The van der Waals surface area contributed by atoms with Crippen LogP contribution in [-0.2, 0) is 6.54 Å². The van der Waals surface area contributed by atoms with Crippen LogP contribution in [0.3, 0.4) is 0 Å². The van der Waals surface area contributed by atoms with Gasteiger partial charge in [0.2, 0.25) is 5.95 Å². The average molecular weight is 211 g/mol. The molecule has 0 saturated heterocycles. The minimum absolute atomic E-state index is 0.601. The van der Waals surface area contributed by atoms with Crippen molar-refractivity contribution in [1.82, 2.24) is 9.55 Å². The lowest BCUT2D eigenvalue weighted by Gasteiger charge is -2.11. The molecular weight excluding hydrogens is 194 g/mol. The van der Waals surface area contributed by atoms with E-state index in [2.05, 4.69) is 30.1 Å². The molecule has 0 spiro atoms. The largest absolute Gasteiger partial charge is 0.355 e. The van der Waals surface area contributed by atoms with Crippen LogP contribution in [0.2, 0.25) is 0 Å². The highest BCUT2D eigenvalue weighted by Gasteiger charge is 2.02. The number of imidazole rings is 1. The molecule has 3 nitrogen and oxygen atoms in total. The third-order valence-electron chi connectivity index (χ3n) is 1.99. The summed E-state index contributed by atoms with van der Waals surface area (Å²) >= 11 is 1.85. The molecule has 0 aliphatic rings. The van der Waals surface area contributed by atoms with Crippen molar-refractivity contribution in [3.8, 4) is 0 Å². The van der Waals surface area contributed by atoms with Gasteiger partial charge in [0, 0.05) is 30.7 Å². The van der Waals surface area contributed by atoms with Crippen LogP contribution in [0.15, 0.2) is 25.0 Å². The third-order valence-corrected chi connectivity index (χ3v) is 2.96. The first-order valence-corrected chi connectivity index (χ1v) is 5.95. The van der Waals surface area contributed by atoms with Crippen LogP contribution in [0.4, 0.5) is 5.95 Å². The summed E-state index contributed by atoms with van der Waals surface area (Å²) in [6.07, 6.45) is 7.73. The Bertz CT molecular complexity index is 283. The van der Waals surface area contributed by atoms with Gasteiger partial charge in [-0.15, -0.1) is 6.58 Å². The average Bonchev–Trinajstić information content (AvgIpc) is 2.62.